The fourth-order valence-electron chi connectivity index (χ4n) is 2.36. The van der Waals surface area contributed by atoms with Crippen molar-refractivity contribution >= 4 is 23.2 Å². The standard InChI is InChI=1S/C16H19NO3/c1-9-6-10(2)13-11(7-9)14(19)15(20)17(13)8-12(18)16(3,4)5/h6-7H,8H2,1-5H3. The number of ketones is 2. The number of hydrogen-bond acceptors (Lipinski definition) is 3. The van der Waals surface area contributed by atoms with Crippen molar-refractivity contribution in [3.8, 4) is 0 Å². The Bertz CT molecular complexity index is 623. The molecule has 0 atom stereocenters. The van der Waals surface area contributed by atoms with Gasteiger partial charge in [-0.25, -0.2) is 0 Å². The Morgan fingerprint density at radius 2 is 1.75 bits per heavy atom. The van der Waals surface area contributed by atoms with E-state index in [2.05, 4.69) is 0 Å². The van der Waals surface area contributed by atoms with E-state index in [0.717, 1.165) is 11.1 Å². The van der Waals surface area contributed by atoms with E-state index in [-0.39, 0.29) is 12.3 Å². The molecule has 1 aliphatic heterocycles. The van der Waals surface area contributed by atoms with E-state index in [0.29, 0.717) is 11.3 Å². The average molecular weight is 273 g/mol. The molecule has 0 saturated heterocycles. The summed E-state index contributed by atoms with van der Waals surface area (Å²) in [7, 11) is 0. The Morgan fingerprint density at radius 1 is 1.15 bits per heavy atom. The number of nitrogens with zero attached hydrogens (tertiary/aromatic N) is 1. The largest absolute Gasteiger partial charge is 0.299 e. The number of amides is 1. The average Bonchev–Trinajstić information content (AvgIpc) is 2.53. The number of aryl methyl sites for hydroxylation is 2. The summed E-state index contributed by atoms with van der Waals surface area (Å²) >= 11 is 0. The number of hydrogen-bond donors (Lipinski definition) is 0. The highest BCUT2D eigenvalue weighted by Crippen LogP contribution is 2.34. The molecular weight excluding hydrogens is 254 g/mol. The Balaban J connectivity index is 2.46. The van der Waals surface area contributed by atoms with E-state index in [1.54, 1.807) is 26.8 Å². The van der Waals surface area contributed by atoms with Crippen LogP contribution in [0.25, 0.3) is 0 Å². The van der Waals surface area contributed by atoms with Crippen molar-refractivity contribution in [3.63, 3.8) is 0 Å². The zero-order chi connectivity index (χ0) is 15.2. The van der Waals surface area contributed by atoms with Gasteiger partial charge in [-0.15, -0.1) is 0 Å². The molecule has 0 radical (unpaired) electrons. The smallest absolute Gasteiger partial charge is 0.297 e. The lowest BCUT2D eigenvalue weighted by Gasteiger charge is -2.23. The van der Waals surface area contributed by atoms with Gasteiger partial charge in [0.25, 0.3) is 11.7 Å². The number of carbonyl (C=O) groups excluding carboxylic acids is 3. The number of carbonyl (C=O) groups is 3. The van der Waals surface area contributed by atoms with Crippen molar-refractivity contribution in [2.24, 2.45) is 5.41 Å². The van der Waals surface area contributed by atoms with Crippen molar-refractivity contribution in [1.82, 2.24) is 0 Å². The van der Waals surface area contributed by atoms with Gasteiger partial charge in [0.05, 0.1) is 17.8 Å². The Labute approximate surface area is 118 Å². The molecule has 0 N–H and O–H groups in total. The molecule has 0 unspecified atom stereocenters. The number of anilines is 1. The van der Waals surface area contributed by atoms with E-state index in [1.807, 2.05) is 19.9 Å². The summed E-state index contributed by atoms with van der Waals surface area (Å²) in [5.41, 5.74) is 2.25. The second kappa shape index (κ2) is 4.54. The van der Waals surface area contributed by atoms with Crippen molar-refractivity contribution in [3.05, 3.63) is 28.8 Å². The Hall–Kier alpha value is -1.97. The first kappa shape index (κ1) is 14.4. The molecule has 2 rings (SSSR count). The molecule has 1 aromatic carbocycles. The van der Waals surface area contributed by atoms with Gasteiger partial charge in [0.1, 0.15) is 0 Å². The van der Waals surface area contributed by atoms with E-state index >= 15 is 0 Å². The number of rotatable bonds is 2. The van der Waals surface area contributed by atoms with Gasteiger partial charge in [-0.05, 0) is 31.0 Å². The third-order valence-electron chi connectivity index (χ3n) is 3.54. The third kappa shape index (κ3) is 2.26. The van der Waals surface area contributed by atoms with Crippen LogP contribution in [0.4, 0.5) is 5.69 Å². The lowest BCUT2D eigenvalue weighted by molar-refractivity contribution is -0.126. The van der Waals surface area contributed by atoms with Crippen LogP contribution < -0.4 is 4.90 Å². The first-order valence-electron chi connectivity index (χ1n) is 6.63. The minimum Gasteiger partial charge on any atom is -0.297 e. The van der Waals surface area contributed by atoms with Gasteiger partial charge < -0.3 is 0 Å². The molecule has 1 amide bonds. The van der Waals surface area contributed by atoms with Crippen molar-refractivity contribution in [2.75, 3.05) is 11.4 Å². The van der Waals surface area contributed by atoms with Gasteiger partial charge in [0.2, 0.25) is 0 Å². The Kier molecular flexibility index (Phi) is 3.28. The normalized spacial score (nSPS) is 14.8. The first-order valence-corrected chi connectivity index (χ1v) is 6.63. The predicted octanol–water partition coefficient (Wildman–Crippen LogP) is 2.45. The Morgan fingerprint density at radius 3 is 2.30 bits per heavy atom. The second-order valence-electron chi connectivity index (χ2n) is 6.37. The zero-order valence-corrected chi connectivity index (χ0v) is 12.5. The first-order chi connectivity index (χ1) is 9.12. The third-order valence-corrected chi connectivity index (χ3v) is 3.54. The van der Waals surface area contributed by atoms with E-state index < -0.39 is 17.1 Å². The van der Waals surface area contributed by atoms with E-state index in [4.69, 9.17) is 0 Å². The maximum atomic E-state index is 12.2. The number of benzene rings is 1. The lowest BCUT2D eigenvalue weighted by Crippen LogP contribution is -2.39. The number of fused-ring (bicyclic) bond motifs is 1. The van der Waals surface area contributed by atoms with E-state index in [9.17, 15) is 14.4 Å². The van der Waals surface area contributed by atoms with Gasteiger partial charge in [0.15, 0.2) is 5.78 Å². The molecule has 1 aromatic rings. The molecule has 0 aromatic heterocycles. The van der Waals surface area contributed by atoms with Crippen LogP contribution in [0, 0.1) is 19.3 Å². The van der Waals surface area contributed by atoms with Gasteiger partial charge in [-0.1, -0.05) is 26.8 Å². The summed E-state index contributed by atoms with van der Waals surface area (Å²) in [5, 5.41) is 0. The highest BCUT2D eigenvalue weighted by Gasteiger charge is 2.39. The SMILES string of the molecule is Cc1cc(C)c2c(c1)C(=O)C(=O)N2CC(=O)C(C)(C)C. The van der Waals surface area contributed by atoms with Gasteiger partial charge >= 0.3 is 0 Å². The lowest BCUT2D eigenvalue weighted by atomic mass is 9.90. The molecule has 4 heteroatoms. The van der Waals surface area contributed by atoms with Crippen molar-refractivity contribution in [1.29, 1.82) is 0 Å². The minimum atomic E-state index is -0.605. The van der Waals surface area contributed by atoms with Crippen LogP contribution in [0.3, 0.4) is 0 Å². The molecule has 106 valence electrons. The summed E-state index contributed by atoms with van der Waals surface area (Å²) < 4.78 is 0. The fraction of sp³-hybridized carbons (Fsp3) is 0.438. The molecule has 1 aliphatic rings. The molecule has 0 aliphatic carbocycles. The molecular formula is C16H19NO3. The molecule has 0 bridgehead atoms. The van der Waals surface area contributed by atoms with Crippen molar-refractivity contribution in [2.45, 2.75) is 34.6 Å². The van der Waals surface area contributed by atoms with Crippen LogP contribution in [0.2, 0.25) is 0 Å². The summed E-state index contributed by atoms with van der Waals surface area (Å²) in [4.78, 5) is 37.6. The quantitative estimate of drug-likeness (QED) is 0.778. The monoisotopic (exact) mass is 273 g/mol. The number of Topliss-reactive ketones (excluding diaryl/α,β-unsaturated/α-hetero) is 2. The van der Waals surface area contributed by atoms with Crippen molar-refractivity contribution < 1.29 is 14.4 Å². The van der Waals surface area contributed by atoms with Gasteiger partial charge in [0, 0.05) is 5.41 Å². The topological polar surface area (TPSA) is 54.5 Å². The summed E-state index contributed by atoms with van der Waals surface area (Å²) in [6, 6.07) is 3.63. The molecule has 0 fully saturated rings. The highest BCUT2D eigenvalue weighted by molar-refractivity contribution is 6.52. The summed E-state index contributed by atoms with van der Waals surface area (Å²) in [5.74, 6) is -1.19. The zero-order valence-electron chi connectivity index (χ0n) is 12.5. The van der Waals surface area contributed by atoms with Gasteiger partial charge in [-0.3, -0.25) is 19.3 Å². The highest BCUT2D eigenvalue weighted by atomic mass is 16.2. The van der Waals surface area contributed by atoms with Crippen LogP contribution >= 0.6 is 0 Å². The maximum absolute atomic E-state index is 12.2. The van der Waals surface area contributed by atoms with E-state index in [1.165, 1.54) is 4.90 Å². The summed E-state index contributed by atoms with van der Waals surface area (Å²) in [6.45, 7) is 9.10. The molecule has 0 saturated carbocycles. The second-order valence-corrected chi connectivity index (χ2v) is 6.37. The molecule has 1 heterocycles. The van der Waals surface area contributed by atoms with Crippen LogP contribution in [0.1, 0.15) is 42.3 Å². The van der Waals surface area contributed by atoms with Crippen LogP contribution in [-0.4, -0.2) is 24.0 Å². The van der Waals surface area contributed by atoms with Gasteiger partial charge in [-0.2, -0.15) is 0 Å². The van der Waals surface area contributed by atoms with Crippen LogP contribution in [0.15, 0.2) is 12.1 Å². The molecule has 0 spiro atoms. The predicted molar refractivity (Wildman–Crippen MR) is 77.1 cm³/mol. The summed E-state index contributed by atoms with van der Waals surface area (Å²) in [6.07, 6.45) is 0. The minimum absolute atomic E-state index is 0.0506. The van der Waals surface area contributed by atoms with Crippen LogP contribution in [0.5, 0.6) is 0 Å². The molecule has 20 heavy (non-hydrogen) atoms. The molecule has 4 nitrogen and oxygen atoms in total. The maximum Gasteiger partial charge on any atom is 0.299 e. The fourth-order valence-corrected chi connectivity index (χ4v) is 2.36. The van der Waals surface area contributed by atoms with Crippen LogP contribution in [-0.2, 0) is 9.59 Å².